The average Bonchev–Trinajstić information content (AvgIpc) is 2.72. The molecule has 0 aliphatic carbocycles. The van der Waals surface area contributed by atoms with Crippen molar-refractivity contribution in [1.29, 1.82) is 0 Å². The van der Waals surface area contributed by atoms with E-state index in [4.69, 9.17) is 14.6 Å². The van der Waals surface area contributed by atoms with E-state index in [0.717, 1.165) is 36.8 Å². The summed E-state index contributed by atoms with van der Waals surface area (Å²) in [5.74, 6) is -0.350. The van der Waals surface area contributed by atoms with E-state index in [-0.39, 0.29) is 30.5 Å². The maximum absolute atomic E-state index is 10.6. The summed E-state index contributed by atoms with van der Waals surface area (Å²) in [5, 5.41) is 19.1. The van der Waals surface area contributed by atoms with Gasteiger partial charge in [-0.15, -0.1) is 0 Å². The third kappa shape index (κ3) is 6.54. The number of ether oxygens (including phenoxy) is 2. The number of pyridine rings is 1. The Kier molecular flexibility index (Phi) is 8.02. The maximum Gasteiger partial charge on any atom is 0.303 e. The highest BCUT2D eigenvalue weighted by Crippen LogP contribution is 2.39. The van der Waals surface area contributed by atoms with Crippen molar-refractivity contribution in [3.8, 4) is 5.75 Å². The highest BCUT2D eigenvalue weighted by molar-refractivity contribution is 5.66. The number of benzene rings is 1. The van der Waals surface area contributed by atoms with Crippen molar-refractivity contribution < 1.29 is 24.5 Å². The SMILES string of the molecule is O=C(O)CCCCCCC1COC(Cc2cccnc2)OC1c1ccccc1O. The van der Waals surface area contributed by atoms with Crippen LogP contribution < -0.4 is 0 Å². The molecule has 0 amide bonds. The van der Waals surface area contributed by atoms with Crippen LogP contribution in [0.5, 0.6) is 5.75 Å². The Morgan fingerprint density at radius 3 is 2.69 bits per heavy atom. The number of rotatable bonds is 10. The molecule has 1 aromatic heterocycles. The van der Waals surface area contributed by atoms with Crippen LogP contribution in [0.1, 0.15) is 55.8 Å². The maximum atomic E-state index is 10.6. The Morgan fingerprint density at radius 2 is 1.93 bits per heavy atom. The van der Waals surface area contributed by atoms with Crippen molar-refractivity contribution in [1.82, 2.24) is 4.98 Å². The Labute approximate surface area is 171 Å². The van der Waals surface area contributed by atoms with Gasteiger partial charge in [-0.1, -0.05) is 43.5 Å². The predicted octanol–water partition coefficient (Wildman–Crippen LogP) is 4.49. The number of phenolic OH excluding ortho intramolecular Hbond substituents is 1. The van der Waals surface area contributed by atoms with Gasteiger partial charge in [0.15, 0.2) is 6.29 Å². The Balaban J connectivity index is 1.60. The van der Waals surface area contributed by atoms with Crippen LogP contribution in [0.3, 0.4) is 0 Å². The second-order valence-corrected chi connectivity index (χ2v) is 7.55. The second-order valence-electron chi connectivity index (χ2n) is 7.55. The van der Waals surface area contributed by atoms with Crippen LogP contribution in [0, 0.1) is 5.92 Å². The summed E-state index contributed by atoms with van der Waals surface area (Å²) in [6, 6.07) is 11.2. The molecule has 2 N–H and O–H groups in total. The molecule has 0 spiro atoms. The zero-order chi connectivity index (χ0) is 20.5. The molecule has 1 fully saturated rings. The normalized spacial score (nSPS) is 21.7. The molecule has 0 saturated carbocycles. The third-order valence-electron chi connectivity index (χ3n) is 5.31. The number of carboxylic acid groups (broad SMARTS) is 1. The highest BCUT2D eigenvalue weighted by atomic mass is 16.7. The molecule has 6 nitrogen and oxygen atoms in total. The molecule has 6 heteroatoms. The summed E-state index contributed by atoms with van der Waals surface area (Å²) >= 11 is 0. The Hall–Kier alpha value is -2.44. The fourth-order valence-electron chi connectivity index (χ4n) is 3.78. The molecule has 1 saturated heterocycles. The molecule has 0 radical (unpaired) electrons. The molecule has 156 valence electrons. The van der Waals surface area contributed by atoms with Crippen LogP contribution in [-0.2, 0) is 20.7 Å². The minimum absolute atomic E-state index is 0.146. The van der Waals surface area contributed by atoms with Gasteiger partial charge in [0.05, 0.1) is 12.7 Å². The molecule has 2 aromatic rings. The van der Waals surface area contributed by atoms with Crippen molar-refractivity contribution in [3.63, 3.8) is 0 Å². The molecule has 2 heterocycles. The number of nitrogens with zero attached hydrogens (tertiary/aromatic N) is 1. The number of aliphatic carboxylic acids is 1. The van der Waals surface area contributed by atoms with E-state index in [2.05, 4.69) is 4.98 Å². The number of hydrogen-bond acceptors (Lipinski definition) is 5. The summed E-state index contributed by atoms with van der Waals surface area (Å²) in [4.78, 5) is 14.8. The van der Waals surface area contributed by atoms with Gasteiger partial charge in [0.2, 0.25) is 0 Å². The summed E-state index contributed by atoms with van der Waals surface area (Å²) in [5.41, 5.74) is 1.84. The fraction of sp³-hybridized carbons (Fsp3) is 0.478. The zero-order valence-electron chi connectivity index (χ0n) is 16.6. The monoisotopic (exact) mass is 399 g/mol. The van der Waals surface area contributed by atoms with Crippen molar-refractivity contribution in [2.45, 2.75) is 57.3 Å². The van der Waals surface area contributed by atoms with Gasteiger partial charge in [-0.3, -0.25) is 9.78 Å². The van der Waals surface area contributed by atoms with Crippen molar-refractivity contribution in [2.75, 3.05) is 6.61 Å². The summed E-state index contributed by atoms with van der Waals surface area (Å²) in [6.45, 7) is 0.569. The first kappa shape index (κ1) is 21.3. The van der Waals surface area contributed by atoms with Gasteiger partial charge in [-0.05, 0) is 30.5 Å². The summed E-state index contributed by atoms with van der Waals surface area (Å²) < 4.78 is 12.3. The lowest BCUT2D eigenvalue weighted by atomic mass is 9.89. The van der Waals surface area contributed by atoms with Crippen LogP contribution in [0.15, 0.2) is 48.8 Å². The Bertz CT molecular complexity index is 767. The van der Waals surface area contributed by atoms with E-state index >= 15 is 0 Å². The van der Waals surface area contributed by atoms with Crippen molar-refractivity contribution >= 4 is 5.97 Å². The Morgan fingerprint density at radius 1 is 1.10 bits per heavy atom. The highest BCUT2D eigenvalue weighted by Gasteiger charge is 2.34. The molecule has 1 aromatic carbocycles. The number of carboxylic acids is 1. The lowest BCUT2D eigenvalue weighted by Crippen LogP contribution is -2.36. The van der Waals surface area contributed by atoms with Gasteiger partial charge < -0.3 is 19.7 Å². The number of carbonyl (C=O) groups is 1. The molecule has 1 aliphatic rings. The van der Waals surface area contributed by atoms with E-state index in [1.807, 2.05) is 36.5 Å². The largest absolute Gasteiger partial charge is 0.508 e. The molecule has 0 bridgehead atoms. The van der Waals surface area contributed by atoms with Gasteiger partial charge in [0, 0.05) is 36.7 Å². The average molecular weight is 399 g/mol. The lowest BCUT2D eigenvalue weighted by molar-refractivity contribution is -0.239. The molecule has 3 unspecified atom stereocenters. The van der Waals surface area contributed by atoms with E-state index < -0.39 is 5.97 Å². The van der Waals surface area contributed by atoms with Gasteiger partial charge >= 0.3 is 5.97 Å². The topological polar surface area (TPSA) is 88.9 Å². The zero-order valence-corrected chi connectivity index (χ0v) is 16.6. The molecule has 3 rings (SSSR count). The number of phenols is 1. The van der Waals surface area contributed by atoms with E-state index in [1.54, 1.807) is 12.3 Å². The molecule has 3 atom stereocenters. The van der Waals surface area contributed by atoms with Crippen LogP contribution in [0.4, 0.5) is 0 Å². The van der Waals surface area contributed by atoms with Gasteiger partial charge in [0.1, 0.15) is 5.75 Å². The molecule has 29 heavy (non-hydrogen) atoms. The van der Waals surface area contributed by atoms with Crippen molar-refractivity contribution in [2.24, 2.45) is 5.92 Å². The number of hydrogen-bond donors (Lipinski definition) is 2. The first-order valence-corrected chi connectivity index (χ1v) is 10.3. The molecular formula is C23H29NO5. The molecule has 1 aliphatic heterocycles. The van der Waals surface area contributed by atoms with Crippen LogP contribution in [0.25, 0.3) is 0 Å². The van der Waals surface area contributed by atoms with Crippen LogP contribution in [0.2, 0.25) is 0 Å². The minimum Gasteiger partial charge on any atom is -0.508 e. The first-order chi connectivity index (χ1) is 14.1. The quantitative estimate of drug-likeness (QED) is 0.573. The molecular weight excluding hydrogens is 370 g/mol. The summed E-state index contributed by atoms with van der Waals surface area (Å²) in [6.07, 6.45) is 8.27. The van der Waals surface area contributed by atoms with E-state index in [1.165, 1.54) is 0 Å². The third-order valence-corrected chi connectivity index (χ3v) is 5.31. The second kappa shape index (κ2) is 10.9. The fourth-order valence-corrected chi connectivity index (χ4v) is 3.78. The van der Waals surface area contributed by atoms with Crippen molar-refractivity contribution in [3.05, 3.63) is 59.9 Å². The smallest absolute Gasteiger partial charge is 0.303 e. The predicted molar refractivity (Wildman–Crippen MR) is 108 cm³/mol. The van der Waals surface area contributed by atoms with Crippen LogP contribution >= 0.6 is 0 Å². The summed E-state index contributed by atoms with van der Waals surface area (Å²) in [7, 11) is 0. The lowest BCUT2D eigenvalue weighted by Gasteiger charge is -2.37. The van der Waals surface area contributed by atoms with E-state index in [9.17, 15) is 9.90 Å². The number of aromatic hydroxyl groups is 1. The van der Waals surface area contributed by atoms with E-state index in [0.29, 0.717) is 19.4 Å². The first-order valence-electron chi connectivity index (χ1n) is 10.3. The van der Waals surface area contributed by atoms with Crippen LogP contribution in [-0.4, -0.2) is 34.1 Å². The standard InChI is InChI=1S/C23H29NO5/c25-20-11-6-5-10-19(20)23-18(9-3-1-2-4-12-21(26)27)16-28-22(29-23)14-17-8-7-13-24-15-17/h5-8,10-11,13,15,18,22-23,25H,1-4,9,12,14,16H2,(H,26,27). The number of para-hydroxylation sites is 1. The number of aromatic nitrogens is 1. The van der Waals surface area contributed by atoms with Gasteiger partial charge in [-0.25, -0.2) is 0 Å². The minimum atomic E-state index is -0.738. The van der Waals surface area contributed by atoms with Gasteiger partial charge in [0.25, 0.3) is 0 Å². The van der Waals surface area contributed by atoms with Gasteiger partial charge in [-0.2, -0.15) is 0 Å². The number of unbranched alkanes of at least 4 members (excludes halogenated alkanes) is 3.